The highest BCUT2D eigenvalue weighted by Gasteiger charge is 2.07. The van der Waals surface area contributed by atoms with E-state index >= 15 is 0 Å². The van der Waals surface area contributed by atoms with Crippen molar-refractivity contribution in [2.24, 2.45) is 5.73 Å². The van der Waals surface area contributed by atoms with Gasteiger partial charge in [0.05, 0.1) is 11.3 Å². The van der Waals surface area contributed by atoms with Gasteiger partial charge in [-0.25, -0.2) is 0 Å². The van der Waals surface area contributed by atoms with Crippen LogP contribution in [0.15, 0.2) is 36.5 Å². The van der Waals surface area contributed by atoms with Gasteiger partial charge in [0.15, 0.2) is 0 Å². The van der Waals surface area contributed by atoms with Crippen LogP contribution in [0.2, 0.25) is 0 Å². The zero-order valence-electron chi connectivity index (χ0n) is 10.5. The molecule has 4 heteroatoms. The van der Waals surface area contributed by atoms with Crippen LogP contribution in [0.1, 0.15) is 18.9 Å². The summed E-state index contributed by atoms with van der Waals surface area (Å²) >= 11 is 0. The molecule has 3 nitrogen and oxygen atoms in total. The molecule has 2 unspecified atom stereocenters. The third-order valence-corrected chi connectivity index (χ3v) is 4.35. The van der Waals surface area contributed by atoms with Crippen LogP contribution >= 0.6 is 0 Å². The summed E-state index contributed by atoms with van der Waals surface area (Å²) in [7, 11) is -0.909. The molecule has 2 rings (SSSR count). The lowest BCUT2D eigenvalue weighted by Crippen LogP contribution is -2.26. The van der Waals surface area contributed by atoms with Crippen LogP contribution in [-0.4, -0.2) is 21.0 Å². The van der Waals surface area contributed by atoms with Gasteiger partial charge in [-0.1, -0.05) is 25.1 Å². The minimum atomic E-state index is -0.909. The van der Waals surface area contributed by atoms with Crippen LogP contribution in [0, 0.1) is 0 Å². The Hall–Kier alpha value is -1.26. The SMILES string of the molecule is CCC(N)CS(=O)Cc1cnc2ccccc2c1. The Morgan fingerprint density at radius 2 is 2.17 bits per heavy atom. The number of nitrogens with zero attached hydrogens (tertiary/aromatic N) is 1. The number of hydrogen-bond acceptors (Lipinski definition) is 3. The van der Waals surface area contributed by atoms with Crippen molar-refractivity contribution in [3.05, 3.63) is 42.1 Å². The maximum Gasteiger partial charge on any atom is 0.0702 e. The van der Waals surface area contributed by atoms with Crippen LogP contribution < -0.4 is 5.73 Å². The average molecular weight is 262 g/mol. The largest absolute Gasteiger partial charge is 0.327 e. The first-order valence-electron chi connectivity index (χ1n) is 6.13. The molecule has 1 aromatic carbocycles. The lowest BCUT2D eigenvalue weighted by Gasteiger charge is -2.08. The Morgan fingerprint density at radius 3 is 2.94 bits per heavy atom. The molecule has 0 bridgehead atoms. The van der Waals surface area contributed by atoms with Crippen molar-refractivity contribution >= 4 is 21.7 Å². The first-order chi connectivity index (χ1) is 8.69. The van der Waals surface area contributed by atoms with Crippen molar-refractivity contribution in [1.29, 1.82) is 0 Å². The molecule has 2 atom stereocenters. The van der Waals surface area contributed by atoms with Gasteiger partial charge in [-0.05, 0) is 24.1 Å². The summed E-state index contributed by atoms with van der Waals surface area (Å²) in [6, 6.07) is 10.0. The number of pyridine rings is 1. The van der Waals surface area contributed by atoms with Crippen LogP contribution in [0.3, 0.4) is 0 Å². The van der Waals surface area contributed by atoms with Gasteiger partial charge in [-0.3, -0.25) is 9.19 Å². The summed E-state index contributed by atoms with van der Waals surface area (Å²) in [6.07, 6.45) is 2.67. The van der Waals surface area contributed by atoms with Gasteiger partial charge in [-0.15, -0.1) is 0 Å². The van der Waals surface area contributed by atoms with E-state index in [0.29, 0.717) is 11.5 Å². The van der Waals surface area contributed by atoms with E-state index in [1.54, 1.807) is 6.20 Å². The first-order valence-corrected chi connectivity index (χ1v) is 7.62. The maximum absolute atomic E-state index is 11.9. The van der Waals surface area contributed by atoms with Crippen LogP contribution in [-0.2, 0) is 16.6 Å². The van der Waals surface area contributed by atoms with Crippen molar-refractivity contribution in [3.63, 3.8) is 0 Å². The number of nitrogens with two attached hydrogens (primary N) is 1. The standard InChI is InChI=1S/C14H18N2OS/c1-2-13(15)10-18(17)9-11-7-12-5-3-4-6-14(12)16-8-11/h3-8,13H,2,9-10,15H2,1H3. The van der Waals surface area contributed by atoms with E-state index in [1.807, 2.05) is 31.2 Å². The van der Waals surface area contributed by atoms with E-state index in [2.05, 4.69) is 11.1 Å². The van der Waals surface area contributed by atoms with Crippen molar-refractivity contribution < 1.29 is 4.21 Å². The molecule has 1 aromatic heterocycles. The number of hydrogen-bond donors (Lipinski definition) is 1. The number of para-hydroxylation sites is 1. The van der Waals surface area contributed by atoms with E-state index in [9.17, 15) is 4.21 Å². The van der Waals surface area contributed by atoms with Crippen LogP contribution in [0.5, 0.6) is 0 Å². The van der Waals surface area contributed by atoms with Crippen LogP contribution in [0.4, 0.5) is 0 Å². The lowest BCUT2D eigenvalue weighted by molar-refractivity contribution is 0.663. The average Bonchev–Trinajstić information content (AvgIpc) is 2.38. The molecule has 0 radical (unpaired) electrons. The van der Waals surface area contributed by atoms with Gasteiger partial charge in [-0.2, -0.15) is 0 Å². The van der Waals surface area contributed by atoms with Gasteiger partial charge >= 0.3 is 0 Å². The van der Waals surface area contributed by atoms with E-state index in [1.165, 1.54) is 0 Å². The second-order valence-corrected chi connectivity index (χ2v) is 5.96. The molecule has 0 saturated carbocycles. The van der Waals surface area contributed by atoms with Gasteiger partial charge in [0.1, 0.15) is 0 Å². The topological polar surface area (TPSA) is 56.0 Å². The molecule has 18 heavy (non-hydrogen) atoms. The minimum Gasteiger partial charge on any atom is -0.327 e. The maximum atomic E-state index is 11.9. The fraction of sp³-hybridized carbons (Fsp3) is 0.357. The van der Waals surface area contributed by atoms with Crippen LogP contribution in [0.25, 0.3) is 10.9 Å². The highest BCUT2D eigenvalue weighted by atomic mass is 32.2. The second-order valence-electron chi connectivity index (χ2n) is 4.46. The van der Waals surface area contributed by atoms with Gasteiger partial charge in [0, 0.05) is 34.2 Å². The zero-order chi connectivity index (χ0) is 13.0. The number of aromatic nitrogens is 1. The highest BCUT2D eigenvalue weighted by Crippen LogP contribution is 2.14. The molecule has 0 amide bonds. The molecule has 0 saturated heterocycles. The monoisotopic (exact) mass is 262 g/mol. The van der Waals surface area contributed by atoms with Crippen molar-refractivity contribution in [2.75, 3.05) is 5.75 Å². The second kappa shape index (κ2) is 6.07. The smallest absolute Gasteiger partial charge is 0.0702 e. The van der Waals surface area contributed by atoms with E-state index in [4.69, 9.17) is 5.73 Å². The molecular formula is C14H18N2OS. The zero-order valence-corrected chi connectivity index (χ0v) is 11.3. The van der Waals surface area contributed by atoms with Gasteiger partial charge in [0.25, 0.3) is 0 Å². The van der Waals surface area contributed by atoms with E-state index in [-0.39, 0.29) is 6.04 Å². The summed E-state index contributed by atoms with van der Waals surface area (Å²) in [5.41, 5.74) is 7.79. The van der Waals surface area contributed by atoms with Crippen molar-refractivity contribution in [3.8, 4) is 0 Å². The lowest BCUT2D eigenvalue weighted by atomic mass is 10.2. The number of rotatable bonds is 5. The number of benzene rings is 1. The molecule has 0 aliphatic rings. The van der Waals surface area contributed by atoms with Crippen molar-refractivity contribution in [1.82, 2.24) is 4.98 Å². The molecule has 2 N–H and O–H groups in total. The normalized spacial score (nSPS) is 14.6. The first kappa shape index (κ1) is 13.2. The third-order valence-electron chi connectivity index (χ3n) is 2.90. The summed E-state index contributed by atoms with van der Waals surface area (Å²) in [6.45, 7) is 2.01. The summed E-state index contributed by atoms with van der Waals surface area (Å²) in [4.78, 5) is 4.37. The minimum absolute atomic E-state index is 0.0271. The quantitative estimate of drug-likeness (QED) is 0.899. The summed E-state index contributed by atoms with van der Waals surface area (Å²) < 4.78 is 11.9. The Balaban J connectivity index is 2.10. The van der Waals surface area contributed by atoms with E-state index < -0.39 is 10.8 Å². The molecule has 0 fully saturated rings. The highest BCUT2D eigenvalue weighted by molar-refractivity contribution is 7.84. The van der Waals surface area contributed by atoms with Gasteiger partial charge < -0.3 is 5.73 Å². The predicted molar refractivity (Wildman–Crippen MR) is 76.7 cm³/mol. The Labute approximate surface area is 110 Å². The molecule has 0 spiro atoms. The molecule has 0 aliphatic heterocycles. The predicted octanol–water partition coefficient (Wildman–Crippen LogP) is 2.22. The summed E-state index contributed by atoms with van der Waals surface area (Å²) in [5, 5.41) is 1.09. The molecule has 1 heterocycles. The third kappa shape index (κ3) is 3.37. The Morgan fingerprint density at radius 1 is 1.39 bits per heavy atom. The Kier molecular flexibility index (Phi) is 4.44. The van der Waals surface area contributed by atoms with Crippen molar-refractivity contribution in [2.45, 2.75) is 25.1 Å². The fourth-order valence-corrected chi connectivity index (χ4v) is 3.16. The Bertz CT molecular complexity index is 556. The molecule has 0 aliphatic carbocycles. The van der Waals surface area contributed by atoms with Gasteiger partial charge in [0.2, 0.25) is 0 Å². The fourth-order valence-electron chi connectivity index (χ4n) is 1.80. The molecule has 2 aromatic rings. The molecular weight excluding hydrogens is 244 g/mol. The summed E-state index contributed by atoms with van der Waals surface area (Å²) in [5.74, 6) is 1.09. The molecule has 96 valence electrons. The van der Waals surface area contributed by atoms with E-state index in [0.717, 1.165) is 22.9 Å². The number of fused-ring (bicyclic) bond motifs is 1.